The molecule has 0 N–H and O–H groups in total. The Kier molecular flexibility index (Phi) is 3.81. The molecule has 1 amide bonds. The fourth-order valence-electron chi connectivity index (χ4n) is 2.01. The van der Waals surface area contributed by atoms with Crippen LogP contribution in [0.15, 0.2) is 24.3 Å². The van der Waals surface area contributed by atoms with Crippen LogP contribution in [0.1, 0.15) is 12.2 Å². The quantitative estimate of drug-likeness (QED) is 0.834. The van der Waals surface area contributed by atoms with Crippen molar-refractivity contribution in [3.63, 3.8) is 0 Å². The lowest BCUT2D eigenvalue weighted by Crippen LogP contribution is -2.23. The average molecular weight is 256 g/mol. The summed E-state index contributed by atoms with van der Waals surface area (Å²) in [6, 6.07) is 9.85. The number of aromatic nitrogens is 2. The van der Waals surface area contributed by atoms with E-state index in [-0.39, 0.29) is 12.3 Å². The van der Waals surface area contributed by atoms with Crippen LogP contribution in [-0.4, -0.2) is 34.5 Å². The minimum Gasteiger partial charge on any atom is -0.349 e. The predicted octanol–water partition coefficient (Wildman–Crippen LogP) is 1.58. The molecule has 0 aliphatic heterocycles. The molecular weight excluding hydrogens is 240 g/mol. The zero-order valence-corrected chi connectivity index (χ0v) is 11.1. The molecule has 19 heavy (non-hydrogen) atoms. The van der Waals surface area contributed by atoms with E-state index < -0.39 is 0 Å². The fourth-order valence-corrected chi connectivity index (χ4v) is 2.01. The number of aryl methyl sites for hydroxylation is 1. The zero-order chi connectivity index (χ0) is 13.8. The number of carbonyl (C=O) groups is 1. The molecule has 98 valence electrons. The molecule has 1 aromatic carbocycles. The van der Waals surface area contributed by atoms with Crippen LogP contribution < -0.4 is 0 Å². The second-order valence-electron chi connectivity index (χ2n) is 4.54. The Morgan fingerprint density at radius 1 is 1.42 bits per heavy atom. The molecule has 5 heteroatoms. The molecule has 0 bridgehead atoms. The first-order chi connectivity index (χ1) is 9.13. The molecule has 0 saturated heterocycles. The molecule has 2 rings (SSSR count). The van der Waals surface area contributed by atoms with Gasteiger partial charge in [-0.15, -0.1) is 0 Å². The summed E-state index contributed by atoms with van der Waals surface area (Å²) in [5.41, 5.74) is 1.84. The van der Waals surface area contributed by atoms with Crippen molar-refractivity contribution >= 4 is 16.9 Å². The van der Waals surface area contributed by atoms with E-state index >= 15 is 0 Å². The number of amides is 1. The van der Waals surface area contributed by atoms with Gasteiger partial charge in [-0.3, -0.25) is 4.79 Å². The lowest BCUT2D eigenvalue weighted by Gasteiger charge is -2.11. The van der Waals surface area contributed by atoms with Gasteiger partial charge in [0.15, 0.2) is 0 Å². The van der Waals surface area contributed by atoms with E-state index in [0.29, 0.717) is 13.0 Å². The van der Waals surface area contributed by atoms with Gasteiger partial charge in [-0.1, -0.05) is 12.1 Å². The van der Waals surface area contributed by atoms with Gasteiger partial charge in [-0.2, -0.15) is 5.26 Å². The SMILES string of the molecule is CN(C)C(=O)CCn1c(CC#N)nc2ccccc21. The minimum absolute atomic E-state index is 0.0701. The number of carbonyl (C=O) groups excluding carboxylic acids is 1. The molecule has 1 heterocycles. The monoisotopic (exact) mass is 256 g/mol. The zero-order valence-electron chi connectivity index (χ0n) is 11.1. The molecule has 0 aliphatic carbocycles. The predicted molar refractivity (Wildman–Crippen MR) is 72.4 cm³/mol. The topological polar surface area (TPSA) is 61.9 Å². The van der Waals surface area contributed by atoms with Crippen molar-refractivity contribution in [2.24, 2.45) is 0 Å². The Labute approximate surface area is 112 Å². The number of nitrogens with zero attached hydrogens (tertiary/aromatic N) is 4. The second-order valence-corrected chi connectivity index (χ2v) is 4.54. The number of fused-ring (bicyclic) bond motifs is 1. The summed E-state index contributed by atoms with van der Waals surface area (Å²) in [6.45, 7) is 0.550. The van der Waals surface area contributed by atoms with Crippen molar-refractivity contribution in [3.8, 4) is 6.07 Å². The molecule has 0 unspecified atom stereocenters. The Morgan fingerprint density at radius 3 is 2.84 bits per heavy atom. The van der Waals surface area contributed by atoms with Crippen LogP contribution in [-0.2, 0) is 17.8 Å². The average Bonchev–Trinajstić information content (AvgIpc) is 2.74. The van der Waals surface area contributed by atoms with Crippen LogP contribution in [0, 0.1) is 11.3 Å². The number of nitriles is 1. The van der Waals surface area contributed by atoms with E-state index in [4.69, 9.17) is 5.26 Å². The second kappa shape index (κ2) is 5.53. The van der Waals surface area contributed by atoms with E-state index in [9.17, 15) is 4.79 Å². The number of para-hydroxylation sites is 2. The minimum atomic E-state index is 0.0701. The smallest absolute Gasteiger partial charge is 0.223 e. The fraction of sp³-hybridized carbons (Fsp3) is 0.357. The lowest BCUT2D eigenvalue weighted by molar-refractivity contribution is -0.128. The van der Waals surface area contributed by atoms with Crippen molar-refractivity contribution < 1.29 is 4.79 Å². The van der Waals surface area contributed by atoms with Crippen LogP contribution >= 0.6 is 0 Å². The van der Waals surface area contributed by atoms with Crippen LogP contribution in [0.5, 0.6) is 0 Å². The van der Waals surface area contributed by atoms with E-state index in [1.54, 1.807) is 19.0 Å². The van der Waals surface area contributed by atoms with E-state index in [1.807, 2.05) is 28.8 Å². The Hall–Kier alpha value is -2.35. The summed E-state index contributed by atoms with van der Waals surface area (Å²) >= 11 is 0. The molecule has 0 spiro atoms. The maximum Gasteiger partial charge on any atom is 0.223 e. The molecule has 2 aromatic rings. The summed E-state index contributed by atoms with van der Waals surface area (Å²) in [5.74, 6) is 0.788. The highest BCUT2D eigenvalue weighted by molar-refractivity contribution is 5.77. The van der Waals surface area contributed by atoms with Gasteiger partial charge in [0.2, 0.25) is 5.91 Å². The van der Waals surface area contributed by atoms with Crippen molar-refractivity contribution in [2.75, 3.05) is 14.1 Å². The normalized spacial score (nSPS) is 10.4. The van der Waals surface area contributed by atoms with Crippen LogP contribution in [0.3, 0.4) is 0 Å². The first-order valence-electron chi connectivity index (χ1n) is 6.14. The standard InChI is InChI=1S/C14H16N4O/c1-17(2)14(19)8-10-18-12-6-4-3-5-11(12)16-13(18)7-9-15/h3-6H,7-8,10H2,1-2H3. The van der Waals surface area contributed by atoms with Crippen molar-refractivity contribution in [3.05, 3.63) is 30.1 Å². The van der Waals surface area contributed by atoms with Gasteiger partial charge < -0.3 is 9.47 Å². The van der Waals surface area contributed by atoms with Crippen LogP contribution in [0.4, 0.5) is 0 Å². The Bertz CT molecular complexity index is 636. The van der Waals surface area contributed by atoms with E-state index in [2.05, 4.69) is 11.1 Å². The van der Waals surface area contributed by atoms with Crippen molar-refractivity contribution in [2.45, 2.75) is 19.4 Å². The van der Waals surface area contributed by atoms with Crippen LogP contribution in [0.2, 0.25) is 0 Å². The van der Waals surface area contributed by atoms with Crippen molar-refractivity contribution in [1.29, 1.82) is 5.26 Å². The highest BCUT2D eigenvalue weighted by atomic mass is 16.2. The lowest BCUT2D eigenvalue weighted by atomic mass is 10.3. The summed E-state index contributed by atoms with van der Waals surface area (Å²) < 4.78 is 1.96. The van der Waals surface area contributed by atoms with Gasteiger partial charge >= 0.3 is 0 Å². The number of imidazole rings is 1. The molecule has 0 atom stereocenters. The largest absolute Gasteiger partial charge is 0.349 e. The maximum absolute atomic E-state index is 11.7. The van der Waals surface area contributed by atoms with Crippen LogP contribution in [0.25, 0.3) is 11.0 Å². The van der Waals surface area contributed by atoms with Gasteiger partial charge in [-0.05, 0) is 12.1 Å². The first kappa shape index (κ1) is 13.1. The summed E-state index contributed by atoms with van der Waals surface area (Å²) in [4.78, 5) is 17.7. The third-order valence-corrected chi connectivity index (χ3v) is 3.02. The number of hydrogen-bond donors (Lipinski definition) is 0. The van der Waals surface area contributed by atoms with Gasteiger partial charge in [0, 0.05) is 27.1 Å². The Balaban J connectivity index is 2.32. The molecule has 0 saturated carbocycles. The summed E-state index contributed by atoms with van der Waals surface area (Å²) in [6.07, 6.45) is 0.663. The molecule has 1 aromatic heterocycles. The maximum atomic E-state index is 11.7. The van der Waals surface area contributed by atoms with Gasteiger partial charge in [0.05, 0.1) is 23.5 Å². The van der Waals surface area contributed by atoms with E-state index in [0.717, 1.165) is 16.9 Å². The highest BCUT2D eigenvalue weighted by Crippen LogP contribution is 2.17. The summed E-state index contributed by atoms with van der Waals surface area (Å²) in [5, 5.41) is 8.86. The van der Waals surface area contributed by atoms with E-state index in [1.165, 1.54) is 0 Å². The third-order valence-electron chi connectivity index (χ3n) is 3.02. The van der Waals surface area contributed by atoms with Gasteiger partial charge in [0.1, 0.15) is 5.82 Å². The molecule has 0 aliphatic rings. The third kappa shape index (κ3) is 2.74. The molecule has 0 radical (unpaired) electrons. The first-order valence-corrected chi connectivity index (χ1v) is 6.14. The summed E-state index contributed by atoms with van der Waals surface area (Å²) in [7, 11) is 3.48. The molecule has 5 nitrogen and oxygen atoms in total. The number of hydrogen-bond acceptors (Lipinski definition) is 3. The number of benzene rings is 1. The van der Waals surface area contributed by atoms with Gasteiger partial charge in [0.25, 0.3) is 0 Å². The van der Waals surface area contributed by atoms with Gasteiger partial charge in [-0.25, -0.2) is 4.98 Å². The molecule has 0 fully saturated rings. The highest BCUT2D eigenvalue weighted by Gasteiger charge is 2.12. The Morgan fingerprint density at radius 2 is 2.16 bits per heavy atom. The number of rotatable bonds is 4. The van der Waals surface area contributed by atoms with Crippen molar-refractivity contribution in [1.82, 2.24) is 14.5 Å². The molecular formula is C14H16N4O.